The number of ether oxygens (including phenoxy) is 1. The van der Waals surface area contributed by atoms with Gasteiger partial charge in [-0.05, 0) is 55.8 Å². The van der Waals surface area contributed by atoms with Gasteiger partial charge in [-0.3, -0.25) is 24.3 Å². The second-order valence-electron chi connectivity index (χ2n) is 10.7. The van der Waals surface area contributed by atoms with E-state index in [1.807, 2.05) is 50.2 Å². The highest BCUT2D eigenvalue weighted by molar-refractivity contribution is 7.07. The van der Waals surface area contributed by atoms with Crippen LogP contribution in [0.3, 0.4) is 0 Å². The van der Waals surface area contributed by atoms with Crippen molar-refractivity contribution in [2.24, 2.45) is 4.99 Å². The first-order valence-electron chi connectivity index (χ1n) is 14.7. The number of furan rings is 1. The number of likely N-dealkylation sites (N-methyl/N-ethyl adjacent to an activating group) is 1. The molecule has 47 heavy (non-hydrogen) atoms. The first kappa shape index (κ1) is 32.2. The molecule has 1 atom stereocenters. The molecule has 0 saturated heterocycles. The zero-order valence-corrected chi connectivity index (χ0v) is 28.1. The number of thiazole rings is 1. The number of amides is 1. The summed E-state index contributed by atoms with van der Waals surface area (Å²) < 4.78 is 13.7. The number of fused-ring (bicyclic) bond motifs is 2. The Kier molecular flexibility index (Phi) is 8.80. The van der Waals surface area contributed by atoms with Crippen LogP contribution < -0.4 is 19.6 Å². The van der Waals surface area contributed by atoms with Crippen LogP contribution in [0.4, 0.5) is 5.69 Å². The zero-order chi connectivity index (χ0) is 33.6. The number of allylic oxidation sites excluding steroid dienone is 1. The van der Waals surface area contributed by atoms with Gasteiger partial charge in [0.05, 0.1) is 32.9 Å². The lowest BCUT2D eigenvalue weighted by Crippen LogP contribution is -2.43. The van der Waals surface area contributed by atoms with Crippen LogP contribution in [0.15, 0.2) is 86.1 Å². The fourth-order valence-corrected chi connectivity index (χ4v) is 7.36. The lowest BCUT2D eigenvalue weighted by Gasteiger charge is -2.30. The lowest BCUT2D eigenvalue weighted by molar-refractivity contribution is -0.384. The minimum absolute atomic E-state index is 0.0880. The van der Waals surface area contributed by atoms with Crippen LogP contribution in [0, 0.1) is 10.1 Å². The maximum atomic E-state index is 14.3. The van der Waals surface area contributed by atoms with Crippen molar-refractivity contribution < 1.29 is 18.9 Å². The van der Waals surface area contributed by atoms with E-state index >= 15 is 0 Å². The Morgan fingerprint density at radius 1 is 1.13 bits per heavy atom. The molecule has 3 heterocycles. The van der Waals surface area contributed by atoms with Gasteiger partial charge in [-0.25, -0.2) is 4.99 Å². The summed E-state index contributed by atoms with van der Waals surface area (Å²) in [5.74, 6) is 0.981. The van der Waals surface area contributed by atoms with E-state index in [4.69, 9.17) is 37.3 Å². The van der Waals surface area contributed by atoms with Crippen LogP contribution in [-0.4, -0.2) is 40.5 Å². The number of hydrogen-bond donors (Lipinski definition) is 0. The van der Waals surface area contributed by atoms with Gasteiger partial charge in [0.15, 0.2) is 4.80 Å². The predicted molar refractivity (Wildman–Crippen MR) is 183 cm³/mol. The number of rotatable bonds is 8. The number of carbonyl (C=O) groups is 1. The molecule has 0 spiro atoms. The Labute approximate surface area is 282 Å². The molecule has 1 aliphatic heterocycles. The van der Waals surface area contributed by atoms with E-state index in [0.717, 1.165) is 10.8 Å². The maximum Gasteiger partial charge on any atom is 0.289 e. The molecule has 1 aliphatic rings. The quantitative estimate of drug-likeness (QED) is 0.131. The van der Waals surface area contributed by atoms with Crippen LogP contribution in [-0.2, 0) is 4.79 Å². The lowest BCUT2D eigenvalue weighted by atomic mass is 9.90. The number of methoxy groups -OCH3 is 1. The Hall–Kier alpha value is -4.71. The number of nitro groups is 1. The number of aromatic nitrogens is 1. The van der Waals surface area contributed by atoms with Gasteiger partial charge >= 0.3 is 0 Å². The average Bonchev–Trinajstić information content (AvgIpc) is 3.64. The van der Waals surface area contributed by atoms with Crippen molar-refractivity contribution in [1.29, 1.82) is 0 Å². The van der Waals surface area contributed by atoms with Crippen molar-refractivity contribution in [3.8, 4) is 17.1 Å². The summed E-state index contributed by atoms with van der Waals surface area (Å²) in [6.45, 7) is 6.59. The van der Waals surface area contributed by atoms with Crippen molar-refractivity contribution in [2.75, 3.05) is 20.2 Å². The molecule has 1 amide bonds. The van der Waals surface area contributed by atoms with Gasteiger partial charge in [0, 0.05) is 36.4 Å². The molecule has 3 aromatic carbocycles. The Morgan fingerprint density at radius 2 is 1.87 bits per heavy atom. The number of benzene rings is 3. The number of carbonyl (C=O) groups excluding carboxylic acids is 1. The van der Waals surface area contributed by atoms with Gasteiger partial charge in [0.25, 0.3) is 17.2 Å². The van der Waals surface area contributed by atoms with E-state index in [9.17, 15) is 19.7 Å². The van der Waals surface area contributed by atoms with Gasteiger partial charge < -0.3 is 14.1 Å². The highest BCUT2D eigenvalue weighted by Crippen LogP contribution is 2.41. The molecule has 0 saturated carbocycles. The third-order valence-corrected chi connectivity index (χ3v) is 9.72. The van der Waals surface area contributed by atoms with Crippen molar-refractivity contribution in [2.45, 2.75) is 26.8 Å². The molecule has 13 heteroatoms. The Bertz CT molecular complexity index is 2300. The monoisotopic (exact) mass is 690 g/mol. The highest BCUT2D eigenvalue weighted by Gasteiger charge is 2.36. The van der Waals surface area contributed by atoms with Gasteiger partial charge in [0.1, 0.15) is 28.3 Å². The third-order valence-electron chi connectivity index (χ3n) is 8.13. The van der Waals surface area contributed by atoms with Crippen LogP contribution in [0.2, 0.25) is 10.0 Å². The molecule has 0 aliphatic carbocycles. The minimum atomic E-state index is -0.823. The Balaban J connectivity index is 1.55. The Morgan fingerprint density at radius 3 is 2.57 bits per heavy atom. The molecule has 6 rings (SSSR count). The molecule has 0 fully saturated rings. The third kappa shape index (κ3) is 5.64. The maximum absolute atomic E-state index is 14.3. The van der Waals surface area contributed by atoms with Gasteiger partial charge in [-0.2, -0.15) is 0 Å². The average molecular weight is 692 g/mol. The smallest absolute Gasteiger partial charge is 0.289 e. The second kappa shape index (κ2) is 12.8. The molecule has 0 bridgehead atoms. The van der Waals surface area contributed by atoms with Crippen molar-refractivity contribution >= 4 is 63.0 Å². The fraction of sp³-hybridized carbons (Fsp3) is 0.206. The summed E-state index contributed by atoms with van der Waals surface area (Å²) in [6, 6.07) is 16.6. The molecule has 0 unspecified atom stereocenters. The normalized spacial score (nSPS) is 14.7. The van der Waals surface area contributed by atoms with E-state index < -0.39 is 11.0 Å². The standard InChI is InChI=1S/C34H28Cl2N4O6S/c1-5-38(6-2)33(42)29-18(3)37-34-39(31(29)30-21-10-8-7-9-19(21)11-13-27(30)45-4)32(41)28(47-34)15-20-12-14-26(46-20)22-16-24(36)25(40(43)44)17-23(22)35/h7-17,31H,5-6H2,1-4H3/b28-15+/t31-/m0/s1. The van der Waals surface area contributed by atoms with Crippen molar-refractivity contribution in [1.82, 2.24) is 9.47 Å². The van der Waals surface area contributed by atoms with E-state index in [2.05, 4.69) is 0 Å². The molecule has 2 aromatic heterocycles. The van der Waals surface area contributed by atoms with E-state index in [-0.39, 0.29) is 27.2 Å². The summed E-state index contributed by atoms with van der Waals surface area (Å²) >= 11 is 13.6. The van der Waals surface area contributed by atoms with E-state index in [1.165, 1.54) is 23.5 Å². The number of hydrogen-bond acceptors (Lipinski definition) is 8. The van der Waals surface area contributed by atoms with Gasteiger partial charge in [-0.1, -0.05) is 64.9 Å². The van der Waals surface area contributed by atoms with Crippen LogP contribution in [0.25, 0.3) is 28.2 Å². The molecular weight excluding hydrogens is 663 g/mol. The largest absolute Gasteiger partial charge is 0.496 e. The minimum Gasteiger partial charge on any atom is -0.496 e. The van der Waals surface area contributed by atoms with Crippen LogP contribution in [0.1, 0.15) is 38.1 Å². The van der Waals surface area contributed by atoms with Crippen molar-refractivity contribution in [3.05, 3.63) is 123 Å². The van der Waals surface area contributed by atoms with E-state index in [1.54, 1.807) is 41.7 Å². The molecule has 240 valence electrons. The van der Waals surface area contributed by atoms with Crippen LogP contribution in [0.5, 0.6) is 5.75 Å². The number of nitro benzene ring substituents is 1. The second-order valence-corrected chi connectivity index (χ2v) is 12.5. The van der Waals surface area contributed by atoms with Crippen molar-refractivity contribution in [3.63, 3.8) is 0 Å². The summed E-state index contributed by atoms with van der Waals surface area (Å²) in [5.41, 5.74) is 1.28. The highest BCUT2D eigenvalue weighted by atomic mass is 35.5. The SMILES string of the molecule is CCN(CC)C(=O)C1=C(C)N=c2s/c(=C/c3ccc(-c4cc(Cl)c([N+](=O)[O-])cc4Cl)o3)c(=O)n2[C@@H]1c1c(OC)ccc2ccccc12. The summed E-state index contributed by atoms with van der Waals surface area (Å²) in [4.78, 5) is 46.0. The first-order chi connectivity index (χ1) is 22.6. The first-order valence-corrected chi connectivity index (χ1v) is 16.3. The summed E-state index contributed by atoms with van der Waals surface area (Å²) in [5, 5.41) is 13.0. The molecule has 5 aromatic rings. The zero-order valence-electron chi connectivity index (χ0n) is 25.7. The fourth-order valence-electron chi connectivity index (χ4n) is 5.85. The van der Waals surface area contributed by atoms with Gasteiger partial charge in [-0.15, -0.1) is 0 Å². The topological polar surface area (TPSA) is 120 Å². The number of halogens is 2. The molecule has 0 N–H and O–H groups in total. The van der Waals surface area contributed by atoms with Crippen LogP contribution >= 0.6 is 34.5 Å². The summed E-state index contributed by atoms with van der Waals surface area (Å²) in [7, 11) is 1.57. The molecule has 0 radical (unpaired) electrons. The van der Waals surface area contributed by atoms with Gasteiger partial charge in [0.2, 0.25) is 0 Å². The summed E-state index contributed by atoms with van der Waals surface area (Å²) in [6.07, 6.45) is 1.59. The molecule has 10 nitrogen and oxygen atoms in total. The molecular formula is C34H28Cl2N4O6S. The number of nitrogens with zero attached hydrogens (tertiary/aromatic N) is 4. The predicted octanol–water partition coefficient (Wildman–Crippen LogP) is 6.74. The van der Waals surface area contributed by atoms with E-state index in [0.29, 0.717) is 62.1 Å².